The largest absolute Gasteiger partial charge is 0.369 e. The van der Waals surface area contributed by atoms with Crippen LogP contribution in [0.1, 0.15) is 0 Å². The molecule has 176 valence electrons. The van der Waals surface area contributed by atoms with Gasteiger partial charge in [-0.2, -0.15) is 0 Å². The number of nitrogens with one attached hydrogen (secondary N) is 2. The standard InChI is InChI=1S/C26H26N8O/c1-3-23(35)31-22-5-4-10-28-25(22)21-17-27-15-18-16-29-26(32-24(18)21)30-19-6-8-20(9-7-19)34-13-11-33(2)12-14-34/h3-10,15-17H,1,11-14H2,2H3,(H,31,35)(H,29,30,32). The second-order valence-corrected chi connectivity index (χ2v) is 8.37. The quantitative estimate of drug-likeness (QED) is 0.415. The van der Waals surface area contributed by atoms with Crippen molar-refractivity contribution in [3.8, 4) is 11.3 Å². The predicted octanol–water partition coefficient (Wildman–Crippen LogP) is 3.71. The molecule has 0 bridgehead atoms. The molecule has 0 saturated carbocycles. The van der Waals surface area contributed by atoms with Crippen LogP contribution in [0.2, 0.25) is 0 Å². The highest BCUT2D eigenvalue weighted by Gasteiger charge is 2.15. The van der Waals surface area contributed by atoms with E-state index in [-0.39, 0.29) is 5.91 Å². The number of piperazine rings is 1. The van der Waals surface area contributed by atoms with Gasteiger partial charge in [-0.3, -0.25) is 14.8 Å². The number of rotatable bonds is 6. The van der Waals surface area contributed by atoms with E-state index in [1.807, 2.05) is 12.1 Å². The van der Waals surface area contributed by atoms with E-state index in [9.17, 15) is 4.79 Å². The van der Waals surface area contributed by atoms with Gasteiger partial charge in [0.25, 0.3) is 0 Å². The molecule has 3 aromatic heterocycles. The number of amides is 1. The summed E-state index contributed by atoms with van der Waals surface area (Å²) in [5.74, 6) is 0.148. The summed E-state index contributed by atoms with van der Waals surface area (Å²) in [6.45, 7) is 7.70. The van der Waals surface area contributed by atoms with Crippen molar-refractivity contribution in [3.05, 3.63) is 73.8 Å². The molecule has 0 spiro atoms. The van der Waals surface area contributed by atoms with E-state index in [1.54, 1.807) is 36.9 Å². The number of nitrogens with zero attached hydrogens (tertiary/aromatic N) is 6. The SMILES string of the molecule is C=CC(=O)Nc1cccnc1-c1cncc2cnc(Nc3ccc(N4CCN(C)CC4)cc3)nc12. The Balaban J connectivity index is 1.42. The molecule has 1 saturated heterocycles. The first-order valence-corrected chi connectivity index (χ1v) is 11.4. The Morgan fingerprint density at radius 1 is 1.03 bits per heavy atom. The van der Waals surface area contributed by atoms with Crippen molar-refractivity contribution < 1.29 is 4.79 Å². The number of benzene rings is 1. The lowest BCUT2D eigenvalue weighted by Crippen LogP contribution is -2.44. The van der Waals surface area contributed by atoms with Crippen LogP contribution < -0.4 is 15.5 Å². The monoisotopic (exact) mass is 466 g/mol. The summed E-state index contributed by atoms with van der Waals surface area (Å²) < 4.78 is 0. The average Bonchev–Trinajstić information content (AvgIpc) is 2.89. The molecule has 2 N–H and O–H groups in total. The molecule has 1 fully saturated rings. The smallest absolute Gasteiger partial charge is 0.247 e. The van der Waals surface area contributed by atoms with Gasteiger partial charge in [-0.05, 0) is 49.5 Å². The van der Waals surface area contributed by atoms with Crippen LogP contribution in [0.25, 0.3) is 22.2 Å². The van der Waals surface area contributed by atoms with Crippen molar-refractivity contribution in [2.24, 2.45) is 0 Å². The van der Waals surface area contributed by atoms with Gasteiger partial charge >= 0.3 is 0 Å². The van der Waals surface area contributed by atoms with Crippen LogP contribution in [0, 0.1) is 0 Å². The molecule has 1 aliphatic heterocycles. The number of carbonyl (C=O) groups excluding carboxylic acids is 1. The second-order valence-electron chi connectivity index (χ2n) is 8.37. The zero-order valence-electron chi connectivity index (χ0n) is 19.5. The molecule has 0 atom stereocenters. The summed E-state index contributed by atoms with van der Waals surface area (Å²) in [5, 5.41) is 6.86. The highest BCUT2D eigenvalue weighted by molar-refractivity contribution is 6.03. The molecule has 4 aromatic rings. The third-order valence-corrected chi connectivity index (χ3v) is 5.99. The summed E-state index contributed by atoms with van der Waals surface area (Å²) in [6.07, 6.45) is 8.01. The topological polar surface area (TPSA) is 99.2 Å². The van der Waals surface area contributed by atoms with E-state index in [4.69, 9.17) is 4.98 Å². The summed E-state index contributed by atoms with van der Waals surface area (Å²) in [7, 11) is 2.15. The molecule has 9 nitrogen and oxygen atoms in total. The lowest BCUT2D eigenvalue weighted by molar-refractivity contribution is -0.111. The third kappa shape index (κ3) is 4.95. The molecular weight excluding hydrogens is 440 g/mol. The Bertz CT molecular complexity index is 1360. The van der Waals surface area contributed by atoms with Gasteiger partial charge in [-0.1, -0.05) is 6.58 Å². The van der Waals surface area contributed by atoms with Gasteiger partial charge < -0.3 is 20.4 Å². The first-order chi connectivity index (χ1) is 17.1. The molecule has 9 heteroatoms. The van der Waals surface area contributed by atoms with Crippen molar-refractivity contribution in [2.75, 3.05) is 48.8 Å². The molecular formula is C26H26N8O. The van der Waals surface area contributed by atoms with Crippen molar-refractivity contribution in [1.82, 2.24) is 24.8 Å². The van der Waals surface area contributed by atoms with Crippen LogP contribution in [-0.4, -0.2) is 64.0 Å². The van der Waals surface area contributed by atoms with Crippen LogP contribution >= 0.6 is 0 Å². The minimum absolute atomic E-state index is 0.315. The fourth-order valence-electron chi connectivity index (χ4n) is 4.04. The lowest BCUT2D eigenvalue weighted by atomic mass is 10.1. The average molecular weight is 467 g/mol. The maximum atomic E-state index is 11.9. The number of likely N-dealkylation sites (N-methyl/N-ethyl adjacent to an activating group) is 1. The van der Waals surface area contributed by atoms with Crippen molar-refractivity contribution in [2.45, 2.75) is 0 Å². The van der Waals surface area contributed by atoms with Crippen LogP contribution in [0.5, 0.6) is 0 Å². The zero-order chi connectivity index (χ0) is 24.2. The van der Waals surface area contributed by atoms with Gasteiger partial charge in [-0.25, -0.2) is 9.97 Å². The molecule has 0 aliphatic carbocycles. The molecule has 1 amide bonds. The maximum absolute atomic E-state index is 11.9. The maximum Gasteiger partial charge on any atom is 0.247 e. The Labute approximate surface area is 203 Å². The zero-order valence-corrected chi connectivity index (χ0v) is 19.5. The van der Waals surface area contributed by atoms with Crippen LogP contribution in [-0.2, 0) is 4.79 Å². The molecule has 35 heavy (non-hydrogen) atoms. The third-order valence-electron chi connectivity index (χ3n) is 5.99. The van der Waals surface area contributed by atoms with Crippen LogP contribution in [0.15, 0.2) is 73.8 Å². The highest BCUT2D eigenvalue weighted by atomic mass is 16.1. The van der Waals surface area contributed by atoms with Gasteiger partial charge in [0.05, 0.1) is 16.9 Å². The van der Waals surface area contributed by atoms with E-state index in [0.29, 0.717) is 28.4 Å². The van der Waals surface area contributed by atoms with E-state index < -0.39 is 0 Å². The van der Waals surface area contributed by atoms with Gasteiger partial charge in [0.1, 0.15) is 0 Å². The highest BCUT2D eigenvalue weighted by Crippen LogP contribution is 2.31. The Hall–Kier alpha value is -4.37. The number of carbonyl (C=O) groups is 1. The molecule has 0 unspecified atom stereocenters. The summed E-state index contributed by atoms with van der Waals surface area (Å²) in [5.41, 5.74) is 4.61. The number of pyridine rings is 2. The van der Waals surface area contributed by atoms with Crippen molar-refractivity contribution in [3.63, 3.8) is 0 Å². The van der Waals surface area contributed by atoms with Crippen LogP contribution in [0.3, 0.4) is 0 Å². The minimum atomic E-state index is -0.315. The normalized spacial score (nSPS) is 14.0. The Morgan fingerprint density at radius 2 is 1.83 bits per heavy atom. The number of anilines is 4. The summed E-state index contributed by atoms with van der Waals surface area (Å²) in [4.78, 5) is 34.7. The van der Waals surface area contributed by atoms with Gasteiger partial charge in [0.15, 0.2) is 0 Å². The fraction of sp³-hybridized carbons (Fsp3) is 0.192. The number of hydrogen-bond donors (Lipinski definition) is 2. The van der Waals surface area contributed by atoms with E-state index >= 15 is 0 Å². The Kier molecular flexibility index (Phi) is 6.32. The van der Waals surface area contributed by atoms with E-state index in [1.165, 1.54) is 11.8 Å². The van der Waals surface area contributed by atoms with E-state index in [2.05, 4.69) is 61.1 Å². The lowest BCUT2D eigenvalue weighted by Gasteiger charge is -2.34. The van der Waals surface area contributed by atoms with Gasteiger partial charge in [-0.15, -0.1) is 0 Å². The van der Waals surface area contributed by atoms with Crippen molar-refractivity contribution >= 4 is 39.8 Å². The molecule has 4 heterocycles. The number of aromatic nitrogens is 4. The Morgan fingerprint density at radius 3 is 2.60 bits per heavy atom. The second kappa shape index (κ2) is 9.86. The predicted molar refractivity (Wildman–Crippen MR) is 139 cm³/mol. The van der Waals surface area contributed by atoms with Crippen molar-refractivity contribution in [1.29, 1.82) is 0 Å². The molecule has 1 aromatic carbocycles. The number of fused-ring (bicyclic) bond motifs is 1. The minimum Gasteiger partial charge on any atom is -0.369 e. The van der Waals surface area contributed by atoms with Crippen LogP contribution in [0.4, 0.5) is 23.0 Å². The summed E-state index contributed by atoms with van der Waals surface area (Å²) >= 11 is 0. The first kappa shape index (κ1) is 22.4. The first-order valence-electron chi connectivity index (χ1n) is 11.4. The van der Waals surface area contributed by atoms with Gasteiger partial charge in [0, 0.05) is 73.3 Å². The molecule has 0 radical (unpaired) electrons. The van der Waals surface area contributed by atoms with E-state index in [0.717, 1.165) is 37.3 Å². The number of hydrogen-bond acceptors (Lipinski definition) is 8. The van der Waals surface area contributed by atoms with Gasteiger partial charge in [0.2, 0.25) is 11.9 Å². The molecule has 1 aliphatic rings. The molecule has 5 rings (SSSR count). The fourth-order valence-corrected chi connectivity index (χ4v) is 4.04. The summed E-state index contributed by atoms with van der Waals surface area (Å²) in [6, 6.07) is 11.9.